The van der Waals surface area contributed by atoms with Gasteiger partial charge in [0.15, 0.2) is 0 Å². The predicted octanol–water partition coefficient (Wildman–Crippen LogP) is 0.854. The third-order valence-electron chi connectivity index (χ3n) is 2.84. The SMILES string of the molecule is Cc1ccc(C(=O)NCCCN2C=NCC2)cn1. The van der Waals surface area contributed by atoms with Gasteiger partial charge in [0.2, 0.25) is 0 Å². The Morgan fingerprint density at radius 1 is 1.50 bits per heavy atom. The van der Waals surface area contributed by atoms with Crippen LogP contribution in [0.1, 0.15) is 22.5 Å². The highest BCUT2D eigenvalue weighted by Gasteiger charge is 2.06. The molecular formula is C13H18N4O. The summed E-state index contributed by atoms with van der Waals surface area (Å²) >= 11 is 0. The number of rotatable bonds is 5. The van der Waals surface area contributed by atoms with Crippen molar-refractivity contribution in [2.75, 3.05) is 26.2 Å². The minimum atomic E-state index is -0.0578. The van der Waals surface area contributed by atoms with E-state index in [1.54, 1.807) is 12.3 Å². The lowest BCUT2D eigenvalue weighted by atomic mass is 10.2. The number of carbonyl (C=O) groups is 1. The molecule has 1 aromatic rings. The minimum Gasteiger partial charge on any atom is -0.361 e. The van der Waals surface area contributed by atoms with Crippen molar-refractivity contribution in [2.24, 2.45) is 4.99 Å². The molecule has 2 heterocycles. The summed E-state index contributed by atoms with van der Waals surface area (Å²) < 4.78 is 0. The van der Waals surface area contributed by atoms with Gasteiger partial charge in [-0.3, -0.25) is 14.8 Å². The number of aromatic nitrogens is 1. The summed E-state index contributed by atoms with van der Waals surface area (Å²) in [5, 5.41) is 2.89. The molecular weight excluding hydrogens is 228 g/mol. The van der Waals surface area contributed by atoms with Crippen LogP contribution in [0.4, 0.5) is 0 Å². The van der Waals surface area contributed by atoms with Crippen molar-refractivity contribution >= 4 is 12.2 Å². The van der Waals surface area contributed by atoms with E-state index in [4.69, 9.17) is 0 Å². The first-order valence-electron chi connectivity index (χ1n) is 6.20. The number of amides is 1. The van der Waals surface area contributed by atoms with Crippen LogP contribution in [0.15, 0.2) is 23.3 Å². The normalized spacial score (nSPS) is 13.9. The molecule has 2 rings (SSSR count). The number of aryl methyl sites for hydroxylation is 1. The molecule has 0 saturated carbocycles. The molecule has 0 bridgehead atoms. The maximum absolute atomic E-state index is 11.8. The van der Waals surface area contributed by atoms with Gasteiger partial charge in [0.25, 0.3) is 5.91 Å². The monoisotopic (exact) mass is 246 g/mol. The molecule has 1 N–H and O–H groups in total. The number of nitrogens with zero attached hydrogens (tertiary/aromatic N) is 3. The van der Waals surface area contributed by atoms with Gasteiger partial charge in [-0.25, -0.2) is 0 Å². The zero-order valence-corrected chi connectivity index (χ0v) is 10.6. The predicted molar refractivity (Wildman–Crippen MR) is 70.9 cm³/mol. The number of carbonyl (C=O) groups excluding carboxylic acids is 1. The molecule has 0 saturated heterocycles. The number of hydrogen-bond acceptors (Lipinski definition) is 4. The van der Waals surface area contributed by atoms with Crippen LogP contribution in [0.5, 0.6) is 0 Å². The zero-order valence-electron chi connectivity index (χ0n) is 10.6. The second kappa shape index (κ2) is 6.14. The Hall–Kier alpha value is -1.91. The molecule has 5 heteroatoms. The van der Waals surface area contributed by atoms with Gasteiger partial charge >= 0.3 is 0 Å². The van der Waals surface area contributed by atoms with Gasteiger partial charge in [-0.1, -0.05) is 0 Å². The molecule has 0 radical (unpaired) electrons. The Bertz CT molecular complexity index is 427. The fourth-order valence-corrected chi connectivity index (χ4v) is 1.77. The average Bonchev–Trinajstić information content (AvgIpc) is 2.88. The Kier molecular flexibility index (Phi) is 4.28. The molecule has 0 fully saturated rings. The summed E-state index contributed by atoms with van der Waals surface area (Å²) in [7, 11) is 0. The Labute approximate surface area is 107 Å². The number of nitrogens with one attached hydrogen (secondary N) is 1. The van der Waals surface area contributed by atoms with E-state index < -0.39 is 0 Å². The van der Waals surface area contributed by atoms with Crippen LogP contribution in [-0.4, -0.2) is 48.3 Å². The van der Waals surface area contributed by atoms with Gasteiger partial charge in [-0.2, -0.15) is 0 Å². The van der Waals surface area contributed by atoms with Gasteiger partial charge in [0, 0.05) is 31.5 Å². The van der Waals surface area contributed by atoms with Crippen molar-refractivity contribution in [2.45, 2.75) is 13.3 Å². The Balaban J connectivity index is 1.68. The molecule has 1 amide bonds. The fraction of sp³-hybridized carbons (Fsp3) is 0.462. The highest BCUT2D eigenvalue weighted by molar-refractivity contribution is 5.93. The first-order valence-corrected chi connectivity index (χ1v) is 6.20. The number of aliphatic imine (C=N–C) groups is 1. The van der Waals surface area contributed by atoms with Crippen LogP contribution in [0, 0.1) is 6.92 Å². The van der Waals surface area contributed by atoms with Crippen molar-refractivity contribution in [3.8, 4) is 0 Å². The second-order valence-electron chi connectivity index (χ2n) is 4.36. The van der Waals surface area contributed by atoms with E-state index in [1.165, 1.54) is 0 Å². The molecule has 0 unspecified atom stereocenters. The largest absolute Gasteiger partial charge is 0.361 e. The lowest BCUT2D eigenvalue weighted by Gasteiger charge is -2.13. The summed E-state index contributed by atoms with van der Waals surface area (Å²) in [5.74, 6) is -0.0578. The van der Waals surface area contributed by atoms with Gasteiger partial charge in [0.05, 0.1) is 18.4 Å². The van der Waals surface area contributed by atoms with E-state index in [1.807, 2.05) is 19.3 Å². The smallest absolute Gasteiger partial charge is 0.252 e. The van der Waals surface area contributed by atoms with Crippen molar-refractivity contribution in [1.29, 1.82) is 0 Å². The van der Waals surface area contributed by atoms with Gasteiger partial charge < -0.3 is 10.2 Å². The molecule has 1 aromatic heterocycles. The molecule has 0 aromatic carbocycles. The summed E-state index contributed by atoms with van der Waals surface area (Å²) in [4.78, 5) is 22.2. The topological polar surface area (TPSA) is 57.6 Å². The van der Waals surface area contributed by atoms with Crippen LogP contribution in [-0.2, 0) is 0 Å². The maximum atomic E-state index is 11.8. The summed E-state index contributed by atoms with van der Waals surface area (Å²) in [6.07, 6.45) is 4.42. The summed E-state index contributed by atoms with van der Waals surface area (Å²) in [6.45, 7) is 5.41. The quantitative estimate of drug-likeness (QED) is 0.784. The molecule has 18 heavy (non-hydrogen) atoms. The van der Waals surface area contributed by atoms with E-state index in [-0.39, 0.29) is 5.91 Å². The van der Waals surface area contributed by atoms with Crippen LogP contribution in [0.3, 0.4) is 0 Å². The van der Waals surface area contributed by atoms with Gasteiger partial charge in [0.1, 0.15) is 0 Å². The molecule has 1 aliphatic rings. The molecule has 0 atom stereocenters. The minimum absolute atomic E-state index is 0.0578. The van der Waals surface area contributed by atoms with Gasteiger partial charge in [-0.15, -0.1) is 0 Å². The molecule has 96 valence electrons. The van der Waals surface area contributed by atoms with Crippen molar-refractivity contribution in [1.82, 2.24) is 15.2 Å². The fourth-order valence-electron chi connectivity index (χ4n) is 1.77. The van der Waals surface area contributed by atoms with E-state index in [9.17, 15) is 4.79 Å². The molecule has 0 aliphatic carbocycles. The third kappa shape index (κ3) is 3.55. The highest BCUT2D eigenvalue weighted by Crippen LogP contribution is 1.99. The molecule has 5 nitrogen and oxygen atoms in total. The van der Waals surface area contributed by atoms with Crippen molar-refractivity contribution in [3.05, 3.63) is 29.6 Å². The highest BCUT2D eigenvalue weighted by atomic mass is 16.1. The van der Waals surface area contributed by atoms with Crippen LogP contribution in [0.25, 0.3) is 0 Å². The molecule has 1 aliphatic heterocycles. The summed E-state index contributed by atoms with van der Waals surface area (Å²) in [6, 6.07) is 3.64. The van der Waals surface area contributed by atoms with E-state index in [0.29, 0.717) is 12.1 Å². The zero-order chi connectivity index (χ0) is 12.8. The van der Waals surface area contributed by atoms with E-state index in [2.05, 4.69) is 20.2 Å². The van der Waals surface area contributed by atoms with Crippen LogP contribution in [0.2, 0.25) is 0 Å². The van der Waals surface area contributed by atoms with E-state index >= 15 is 0 Å². The lowest BCUT2D eigenvalue weighted by molar-refractivity contribution is 0.0952. The van der Waals surface area contributed by atoms with Crippen LogP contribution >= 0.6 is 0 Å². The lowest BCUT2D eigenvalue weighted by Crippen LogP contribution is -2.28. The number of hydrogen-bond donors (Lipinski definition) is 1. The van der Waals surface area contributed by atoms with Gasteiger partial charge in [-0.05, 0) is 25.5 Å². The first kappa shape index (κ1) is 12.5. The van der Waals surface area contributed by atoms with Crippen molar-refractivity contribution < 1.29 is 4.79 Å². The molecule has 0 spiro atoms. The Morgan fingerprint density at radius 2 is 2.39 bits per heavy atom. The van der Waals surface area contributed by atoms with Crippen LogP contribution < -0.4 is 5.32 Å². The first-order chi connectivity index (χ1) is 8.75. The maximum Gasteiger partial charge on any atom is 0.252 e. The van der Waals surface area contributed by atoms with Crippen molar-refractivity contribution in [3.63, 3.8) is 0 Å². The number of pyridine rings is 1. The Morgan fingerprint density at radius 3 is 3.06 bits per heavy atom. The average molecular weight is 246 g/mol. The second-order valence-corrected chi connectivity index (χ2v) is 4.36. The van der Waals surface area contributed by atoms with E-state index in [0.717, 1.165) is 31.7 Å². The standard InChI is InChI=1S/C13H18N4O/c1-11-3-4-12(9-16-11)13(18)15-5-2-7-17-8-6-14-10-17/h3-4,9-10H,2,5-8H2,1H3,(H,15,18). The summed E-state index contributed by atoms with van der Waals surface area (Å²) in [5.41, 5.74) is 1.53. The third-order valence-corrected chi connectivity index (χ3v) is 2.84.